The van der Waals surface area contributed by atoms with Crippen molar-refractivity contribution in [1.82, 2.24) is 16.0 Å². The van der Waals surface area contributed by atoms with E-state index < -0.39 is 29.7 Å². The van der Waals surface area contributed by atoms with Crippen LogP contribution in [0.5, 0.6) is 0 Å². The highest BCUT2D eigenvalue weighted by atomic mass is 16.6. The molecule has 120 valence electrons. The normalized spacial score (nSPS) is 20.8. The molecule has 0 saturated carbocycles. The molecule has 1 fully saturated rings. The van der Waals surface area contributed by atoms with E-state index in [9.17, 15) is 14.4 Å². The molecule has 1 rings (SSSR count). The third-order valence-corrected chi connectivity index (χ3v) is 2.98. The summed E-state index contributed by atoms with van der Waals surface area (Å²) in [6, 6.07) is -1.31. The van der Waals surface area contributed by atoms with Gasteiger partial charge in [0.1, 0.15) is 17.7 Å². The number of carbonyl (C=O) groups excluding carboxylic acids is 3. The average molecular weight is 299 g/mol. The first-order chi connectivity index (χ1) is 9.69. The lowest BCUT2D eigenvalue weighted by molar-refractivity contribution is -0.129. The van der Waals surface area contributed by atoms with Crippen LogP contribution in [0.1, 0.15) is 47.0 Å². The van der Waals surface area contributed by atoms with Crippen molar-refractivity contribution in [3.05, 3.63) is 0 Å². The summed E-state index contributed by atoms with van der Waals surface area (Å²) in [5, 5.41) is 7.85. The van der Waals surface area contributed by atoms with E-state index in [1.807, 2.05) is 0 Å². The van der Waals surface area contributed by atoms with E-state index >= 15 is 0 Å². The molecule has 7 heteroatoms. The third-order valence-electron chi connectivity index (χ3n) is 2.98. The van der Waals surface area contributed by atoms with Crippen LogP contribution in [0.25, 0.3) is 0 Å². The minimum Gasteiger partial charge on any atom is -0.444 e. The zero-order chi connectivity index (χ0) is 16.0. The SMILES string of the molecule is CC(NC(=O)OC(C)(C)C)C(=O)NC1CCCCNC1=O. The zero-order valence-corrected chi connectivity index (χ0v) is 13.1. The predicted molar refractivity (Wildman–Crippen MR) is 77.6 cm³/mol. The molecule has 21 heavy (non-hydrogen) atoms. The van der Waals surface area contributed by atoms with E-state index in [0.29, 0.717) is 13.0 Å². The molecule has 1 heterocycles. The molecular formula is C14H25N3O4. The molecule has 1 aliphatic heterocycles. The average Bonchev–Trinajstić information content (AvgIpc) is 2.52. The van der Waals surface area contributed by atoms with E-state index in [1.165, 1.54) is 0 Å². The molecule has 0 spiro atoms. The molecule has 0 bridgehead atoms. The second-order valence-electron chi connectivity index (χ2n) is 6.22. The van der Waals surface area contributed by atoms with Gasteiger partial charge in [0, 0.05) is 6.54 Å². The van der Waals surface area contributed by atoms with E-state index in [0.717, 1.165) is 12.8 Å². The third kappa shape index (κ3) is 6.46. The van der Waals surface area contributed by atoms with Crippen LogP contribution in [0, 0.1) is 0 Å². The topological polar surface area (TPSA) is 96.5 Å². The molecule has 0 radical (unpaired) electrons. The number of carbonyl (C=O) groups is 3. The number of hydrogen-bond acceptors (Lipinski definition) is 4. The number of hydrogen-bond donors (Lipinski definition) is 3. The summed E-state index contributed by atoms with van der Waals surface area (Å²) in [5.41, 5.74) is -0.624. The molecule has 3 N–H and O–H groups in total. The van der Waals surface area contributed by atoms with Gasteiger partial charge in [-0.3, -0.25) is 9.59 Å². The molecule has 2 unspecified atom stereocenters. The summed E-state index contributed by atoms with van der Waals surface area (Å²) >= 11 is 0. The zero-order valence-electron chi connectivity index (χ0n) is 13.1. The van der Waals surface area contributed by atoms with Gasteiger partial charge in [-0.05, 0) is 47.0 Å². The van der Waals surface area contributed by atoms with Crippen molar-refractivity contribution in [2.24, 2.45) is 0 Å². The summed E-state index contributed by atoms with van der Waals surface area (Å²) in [6.07, 6.45) is 1.73. The van der Waals surface area contributed by atoms with Crippen LogP contribution in [0.15, 0.2) is 0 Å². The highest BCUT2D eigenvalue weighted by molar-refractivity contribution is 5.91. The Morgan fingerprint density at radius 2 is 2.00 bits per heavy atom. The highest BCUT2D eigenvalue weighted by Gasteiger charge is 2.26. The van der Waals surface area contributed by atoms with Gasteiger partial charge in [0.15, 0.2) is 0 Å². The summed E-state index contributed by atoms with van der Waals surface area (Å²) in [4.78, 5) is 35.3. The molecule has 2 atom stereocenters. The van der Waals surface area contributed by atoms with Crippen molar-refractivity contribution < 1.29 is 19.1 Å². The molecule has 0 aromatic carbocycles. The Balaban J connectivity index is 2.46. The standard InChI is InChI=1S/C14H25N3O4/c1-9(16-13(20)21-14(2,3)4)11(18)17-10-7-5-6-8-15-12(10)19/h9-10H,5-8H2,1-4H3,(H,15,19)(H,16,20)(H,17,18). The lowest BCUT2D eigenvalue weighted by Gasteiger charge is -2.23. The van der Waals surface area contributed by atoms with Crippen LogP contribution in [0.2, 0.25) is 0 Å². The molecule has 1 saturated heterocycles. The predicted octanol–water partition coefficient (Wildman–Crippen LogP) is 0.685. The Labute approximate surface area is 125 Å². The quantitative estimate of drug-likeness (QED) is 0.714. The summed E-state index contributed by atoms with van der Waals surface area (Å²) in [7, 11) is 0. The molecule has 1 aliphatic rings. The molecule has 0 aliphatic carbocycles. The van der Waals surface area contributed by atoms with Gasteiger partial charge in [0.05, 0.1) is 0 Å². The first kappa shape index (κ1) is 17.3. The smallest absolute Gasteiger partial charge is 0.408 e. The van der Waals surface area contributed by atoms with Crippen molar-refractivity contribution in [1.29, 1.82) is 0 Å². The summed E-state index contributed by atoms with van der Waals surface area (Å²) in [5.74, 6) is -0.576. The lowest BCUT2D eigenvalue weighted by atomic mass is 10.1. The van der Waals surface area contributed by atoms with E-state index in [-0.39, 0.29) is 5.91 Å². The van der Waals surface area contributed by atoms with Gasteiger partial charge in [-0.2, -0.15) is 0 Å². The maximum atomic E-state index is 12.0. The molecule has 7 nitrogen and oxygen atoms in total. The summed E-state index contributed by atoms with van der Waals surface area (Å²) < 4.78 is 5.08. The number of alkyl carbamates (subject to hydrolysis) is 1. The van der Waals surface area contributed by atoms with Gasteiger partial charge >= 0.3 is 6.09 Å². The van der Waals surface area contributed by atoms with E-state index in [1.54, 1.807) is 27.7 Å². The molecular weight excluding hydrogens is 274 g/mol. The fraction of sp³-hybridized carbons (Fsp3) is 0.786. The second-order valence-corrected chi connectivity index (χ2v) is 6.22. The fourth-order valence-electron chi connectivity index (χ4n) is 1.92. The van der Waals surface area contributed by atoms with Crippen molar-refractivity contribution >= 4 is 17.9 Å². The number of nitrogens with one attached hydrogen (secondary N) is 3. The number of amides is 3. The maximum absolute atomic E-state index is 12.0. The monoisotopic (exact) mass is 299 g/mol. The van der Waals surface area contributed by atoms with E-state index in [4.69, 9.17) is 4.74 Å². The Kier molecular flexibility index (Phi) is 5.99. The molecule has 3 amide bonds. The minimum absolute atomic E-state index is 0.176. The van der Waals surface area contributed by atoms with Gasteiger partial charge in [-0.15, -0.1) is 0 Å². The Morgan fingerprint density at radius 3 is 2.62 bits per heavy atom. The minimum atomic E-state index is -0.768. The van der Waals surface area contributed by atoms with Crippen LogP contribution in [0.3, 0.4) is 0 Å². The first-order valence-electron chi connectivity index (χ1n) is 7.26. The van der Waals surface area contributed by atoms with Gasteiger partial charge in [-0.25, -0.2) is 4.79 Å². The van der Waals surface area contributed by atoms with Gasteiger partial charge in [0.2, 0.25) is 11.8 Å². The van der Waals surface area contributed by atoms with Crippen molar-refractivity contribution in [3.63, 3.8) is 0 Å². The number of ether oxygens (including phenoxy) is 1. The Hall–Kier alpha value is -1.79. The maximum Gasteiger partial charge on any atom is 0.408 e. The second kappa shape index (κ2) is 7.28. The van der Waals surface area contributed by atoms with Crippen LogP contribution in [-0.2, 0) is 14.3 Å². The summed E-state index contributed by atoms with van der Waals surface area (Å²) in [6.45, 7) is 7.42. The lowest BCUT2D eigenvalue weighted by Crippen LogP contribution is -2.52. The largest absolute Gasteiger partial charge is 0.444 e. The number of rotatable bonds is 3. The fourth-order valence-corrected chi connectivity index (χ4v) is 1.92. The Morgan fingerprint density at radius 1 is 1.33 bits per heavy atom. The van der Waals surface area contributed by atoms with Crippen molar-refractivity contribution in [2.45, 2.75) is 64.6 Å². The van der Waals surface area contributed by atoms with E-state index in [2.05, 4.69) is 16.0 Å². The van der Waals surface area contributed by atoms with Crippen LogP contribution in [-0.4, -0.2) is 42.1 Å². The highest BCUT2D eigenvalue weighted by Crippen LogP contribution is 2.07. The van der Waals surface area contributed by atoms with Crippen LogP contribution < -0.4 is 16.0 Å². The first-order valence-corrected chi connectivity index (χ1v) is 7.26. The van der Waals surface area contributed by atoms with Gasteiger partial charge in [-0.1, -0.05) is 0 Å². The van der Waals surface area contributed by atoms with Crippen molar-refractivity contribution in [3.8, 4) is 0 Å². The molecule has 0 aromatic rings. The van der Waals surface area contributed by atoms with Crippen LogP contribution in [0.4, 0.5) is 4.79 Å². The Bertz CT molecular complexity index is 404. The van der Waals surface area contributed by atoms with Gasteiger partial charge < -0.3 is 20.7 Å². The van der Waals surface area contributed by atoms with Crippen LogP contribution >= 0.6 is 0 Å². The van der Waals surface area contributed by atoms with Gasteiger partial charge in [0.25, 0.3) is 0 Å². The van der Waals surface area contributed by atoms with Crippen molar-refractivity contribution in [2.75, 3.05) is 6.54 Å². The molecule has 0 aromatic heterocycles.